The summed E-state index contributed by atoms with van der Waals surface area (Å²) in [5.41, 5.74) is 4.53. The number of benzene rings is 1. The van der Waals surface area contributed by atoms with Gasteiger partial charge in [0.05, 0.1) is 19.9 Å². The standard InChI is InChI=1S/C21H25N3O3/c1-14-9-18(26-4)19(27-5)10-16(14)12-23(3)13-17-11-21(25)24-15(2)7-6-8-20(24)22-17/h6-11H,12-13H2,1-5H3. The van der Waals surface area contributed by atoms with Crippen LogP contribution in [0.2, 0.25) is 0 Å². The minimum absolute atomic E-state index is 0.0520. The topological polar surface area (TPSA) is 56.1 Å². The van der Waals surface area contributed by atoms with Crippen molar-refractivity contribution in [1.29, 1.82) is 0 Å². The minimum atomic E-state index is -0.0520. The second kappa shape index (κ2) is 7.80. The van der Waals surface area contributed by atoms with Crippen molar-refractivity contribution >= 4 is 5.65 Å². The number of pyridine rings is 1. The van der Waals surface area contributed by atoms with Crippen LogP contribution in [0.25, 0.3) is 5.65 Å². The van der Waals surface area contributed by atoms with E-state index in [1.165, 1.54) is 0 Å². The zero-order valence-corrected chi connectivity index (χ0v) is 16.4. The number of aromatic nitrogens is 2. The van der Waals surface area contributed by atoms with Crippen LogP contribution < -0.4 is 15.0 Å². The molecule has 0 atom stereocenters. The highest BCUT2D eigenvalue weighted by Gasteiger charge is 2.12. The summed E-state index contributed by atoms with van der Waals surface area (Å²) in [6, 6.07) is 11.3. The molecule has 0 N–H and O–H groups in total. The molecule has 0 saturated heterocycles. The summed E-state index contributed by atoms with van der Waals surface area (Å²) in [4.78, 5) is 19.2. The van der Waals surface area contributed by atoms with Gasteiger partial charge in [0.15, 0.2) is 11.5 Å². The average Bonchev–Trinajstić information content (AvgIpc) is 2.62. The van der Waals surface area contributed by atoms with Crippen molar-refractivity contribution in [3.63, 3.8) is 0 Å². The monoisotopic (exact) mass is 367 g/mol. The molecule has 6 nitrogen and oxygen atoms in total. The van der Waals surface area contributed by atoms with Crippen LogP contribution in [0, 0.1) is 13.8 Å². The highest BCUT2D eigenvalue weighted by molar-refractivity contribution is 5.47. The Balaban J connectivity index is 1.83. The van der Waals surface area contributed by atoms with E-state index in [1.54, 1.807) is 24.7 Å². The molecule has 0 aliphatic heterocycles. The largest absolute Gasteiger partial charge is 0.493 e. The lowest BCUT2D eigenvalue weighted by molar-refractivity contribution is 0.312. The molecule has 0 fully saturated rings. The van der Waals surface area contributed by atoms with Gasteiger partial charge in [0.1, 0.15) is 5.65 Å². The lowest BCUT2D eigenvalue weighted by atomic mass is 10.1. The number of hydrogen-bond donors (Lipinski definition) is 0. The van der Waals surface area contributed by atoms with Gasteiger partial charge in [0.2, 0.25) is 0 Å². The van der Waals surface area contributed by atoms with Crippen LogP contribution in [-0.2, 0) is 13.1 Å². The first kappa shape index (κ1) is 18.9. The number of fused-ring (bicyclic) bond motifs is 1. The first-order chi connectivity index (χ1) is 12.9. The summed E-state index contributed by atoms with van der Waals surface area (Å²) in [5, 5.41) is 0. The molecule has 0 radical (unpaired) electrons. The van der Waals surface area contributed by atoms with Crippen molar-refractivity contribution < 1.29 is 9.47 Å². The van der Waals surface area contributed by atoms with E-state index in [9.17, 15) is 4.79 Å². The second-order valence-corrected chi connectivity index (χ2v) is 6.75. The van der Waals surface area contributed by atoms with Gasteiger partial charge in [-0.3, -0.25) is 14.1 Å². The van der Waals surface area contributed by atoms with E-state index in [0.29, 0.717) is 24.5 Å². The van der Waals surface area contributed by atoms with E-state index in [-0.39, 0.29) is 5.56 Å². The maximum absolute atomic E-state index is 12.4. The molecule has 142 valence electrons. The van der Waals surface area contributed by atoms with Crippen LogP contribution >= 0.6 is 0 Å². The second-order valence-electron chi connectivity index (χ2n) is 6.75. The zero-order valence-electron chi connectivity index (χ0n) is 16.4. The lowest BCUT2D eigenvalue weighted by Gasteiger charge is -2.19. The Morgan fingerprint density at radius 2 is 1.74 bits per heavy atom. The molecule has 3 rings (SSSR count). The Morgan fingerprint density at radius 1 is 1.04 bits per heavy atom. The van der Waals surface area contributed by atoms with Crippen molar-refractivity contribution in [1.82, 2.24) is 14.3 Å². The van der Waals surface area contributed by atoms with Gasteiger partial charge in [-0.2, -0.15) is 0 Å². The van der Waals surface area contributed by atoms with E-state index in [4.69, 9.17) is 9.47 Å². The van der Waals surface area contributed by atoms with E-state index >= 15 is 0 Å². The van der Waals surface area contributed by atoms with Gasteiger partial charge in [-0.05, 0) is 56.3 Å². The molecule has 6 heteroatoms. The summed E-state index contributed by atoms with van der Waals surface area (Å²) >= 11 is 0. The number of methoxy groups -OCH3 is 2. The van der Waals surface area contributed by atoms with E-state index in [1.807, 2.05) is 44.3 Å². The van der Waals surface area contributed by atoms with Crippen molar-refractivity contribution in [2.45, 2.75) is 26.9 Å². The van der Waals surface area contributed by atoms with Gasteiger partial charge in [-0.1, -0.05) is 6.07 Å². The molecule has 0 spiro atoms. The number of rotatable bonds is 6. The molecular formula is C21H25N3O3. The molecule has 3 aromatic rings. The Labute approximate surface area is 159 Å². The van der Waals surface area contributed by atoms with Crippen molar-refractivity contribution in [2.24, 2.45) is 0 Å². The van der Waals surface area contributed by atoms with Crippen LogP contribution in [0.4, 0.5) is 0 Å². The average molecular weight is 367 g/mol. The van der Waals surface area contributed by atoms with Gasteiger partial charge < -0.3 is 9.47 Å². The quantitative estimate of drug-likeness (QED) is 0.670. The Morgan fingerprint density at radius 3 is 2.44 bits per heavy atom. The molecule has 0 unspecified atom stereocenters. The van der Waals surface area contributed by atoms with Crippen LogP contribution in [0.3, 0.4) is 0 Å². The number of hydrogen-bond acceptors (Lipinski definition) is 5. The predicted molar refractivity (Wildman–Crippen MR) is 106 cm³/mol. The molecule has 0 bridgehead atoms. The van der Waals surface area contributed by atoms with E-state index < -0.39 is 0 Å². The van der Waals surface area contributed by atoms with Gasteiger partial charge >= 0.3 is 0 Å². The van der Waals surface area contributed by atoms with Gasteiger partial charge in [0.25, 0.3) is 5.56 Å². The highest BCUT2D eigenvalue weighted by Crippen LogP contribution is 2.30. The fraction of sp³-hybridized carbons (Fsp3) is 0.333. The summed E-state index contributed by atoms with van der Waals surface area (Å²) in [6.45, 7) is 5.24. The van der Waals surface area contributed by atoms with Crippen LogP contribution in [0.5, 0.6) is 11.5 Å². The maximum Gasteiger partial charge on any atom is 0.258 e. The molecule has 2 aromatic heterocycles. The molecule has 1 aromatic carbocycles. The SMILES string of the molecule is COc1cc(C)c(CN(C)Cc2cc(=O)n3c(C)cccc3n2)cc1OC. The molecule has 0 amide bonds. The van der Waals surface area contributed by atoms with Crippen molar-refractivity contribution in [2.75, 3.05) is 21.3 Å². The van der Waals surface area contributed by atoms with Crippen LogP contribution in [0.15, 0.2) is 41.2 Å². The minimum Gasteiger partial charge on any atom is -0.493 e. The van der Waals surface area contributed by atoms with Gasteiger partial charge in [0, 0.05) is 24.8 Å². The summed E-state index contributed by atoms with van der Waals surface area (Å²) in [5.74, 6) is 1.44. The fourth-order valence-electron chi connectivity index (χ4n) is 3.26. The number of ether oxygens (including phenoxy) is 2. The third-order valence-corrected chi connectivity index (χ3v) is 4.65. The number of nitrogens with zero attached hydrogens (tertiary/aromatic N) is 3. The number of aryl methyl sites for hydroxylation is 2. The first-order valence-electron chi connectivity index (χ1n) is 8.81. The van der Waals surface area contributed by atoms with Crippen molar-refractivity contribution in [3.8, 4) is 11.5 Å². The Bertz CT molecular complexity index is 1030. The summed E-state index contributed by atoms with van der Waals surface area (Å²) in [6.07, 6.45) is 0. The highest BCUT2D eigenvalue weighted by atomic mass is 16.5. The molecule has 2 heterocycles. The molecule has 0 saturated carbocycles. The zero-order chi connectivity index (χ0) is 19.6. The normalized spacial score (nSPS) is 11.2. The maximum atomic E-state index is 12.4. The molecule has 27 heavy (non-hydrogen) atoms. The van der Waals surface area contributed by atoms with E-state index in [0.717, 1.165) is 28.3 Å². The molecule has 0 aliphatic rings. The third-order valence-electron chi connectivity index (χ3n) is 4.65. The van der Waals surface area contributed by atoms with Crippen LogP contribution in [0.1, 0.15) is 22.5 Å². The van der Waals surface area contributed by atoms with Crippen LogP contribution in [-0.4, -0.2) is 35.6 Å². The van der Waals surface area contributed by atoms with Crippen molar-refractivity contribution in [3.05, 3.63) is 69.3 Å². The van der Waals surface area contributed by atoms with E-state index in [2.05, 4.69) is 16.8 Å². The Kier molecular flexibility index (Phi) is 5.46. The first-order valence-corrected chi connectivity index (χ1v) is 8.81. The smallest absolute Gasteiger partial charge is 0.258 e. The van der Waals surface area contributed by atoms with Gasteiger partial charge in [-0.15, -0.1) is 0 Å². The summed E-state index contributed by atoms with van der Waals surface area (Å²) < 4.78 is 12.4. The fourth-order valence-corrected chi connectivity index (χ4v) is 3.26. The summed E-state index contributed by atoms with van der Waals surface area (Å²) in [7, 11) is 5.28. The Hall–Kier alpha value is -2.86. The molecule has 0 aliphatic carbocycles. The predicted octanol–water partition coefficient (Wildman–Crippen LogP) is 2.96. The lowest BCUT2D eigenvalue weighted by Crippen LogP contribution is -2.23. The molecular weight excluding hydrogens is 342 g/mol. The third kappa shape index (κ3) is 3.95. The van der Waals surface area contributed by atoms with Gasteiger partial charge in [-0.25, -0.2) is 4.98 Å².